The Labute approximate surface area is 134 Å². The van der Waals surface area contributed by atoms with Crippen LogP contribution in [0.3, 0.4) is 0 Å². The van der Waals surface area contributed by atoms with E-state index in [4.69, 9.17) is 12.6 Å². The van der Waals surface area contributed by atoms with E-state index in [9.17, 15) is 4.39 Å². The number of hydrogen-bond donors (Lipinski definition) is 1. The van der Waals surface area contributed by atoms with Crippen LogP contribution in [0.1, 0.15) is 94.6 Å². The number of unbranched alkanes of at least 4 members (excludes halogenated alkanes) is 2. The summed E-state index contributed by atoms with van der Waals surface area (Å²) in [6.45, 7) is 4.44. The number of halogens is 1. The van der Waals surface area contributed by atoms with Crippen LogP contribution < -0.4 is 0 Å². The highest BCUT2D eigenvalue weighted by Gasteiger charge is 2.21. The number of thiol groups is 1. The summed E-state index contributed by atoms with van der Waals surface area (Å²) in [7, 11) is 0. The molecule has 0 amide bonds. The van der Waals surface area contributed by atoms with Gasteiger partial charge in [0.25, 0.3) is 0 Å². The molecule has 1 aromatic carbocycles. The van der Waals surface area contributed by atoms with Crippen LogP contribution in [0.4, 0.5) is 4.39 Å². The van der Waals surface area contributed by atoms with Gasteiger partial charge in [-0.05, 0) is 54.4 Å². The van der Waals surface area contributed by atoms with Gasteiger partial charge in [-0.2, -0.15) is 0 Å². The predicted octanol–water partition coefficient (Wildman–Crippen LogP) is 6.85. The zero-order valence-corrected chi connectivity index (χ0v) is 14.4. The molecule has 0 heterocycles. The molecular formula is C19H29FS. The zero-order chi connectivity index (χ0) is 15.2. The maximum Gasteiger partial charge on any atom is 0.123 e. The van der Waals surface area contributed by atoms with Crippen LogP contribution >= 0.6 is 12.6 Å². The van der Waals surface area contributed by atoms with Crippen molar-refractivity contribution in [1.29, 1.82) is 0 Å². The summed E-state index contributed by atoms with van der Waals surface area (Å²) in [5.41, 5.74) is 2.28. The van der Waals surface area contributed by atoms with E-state index in [0.29, 0.717) is 11.8 Å². The van der Waals surface area contributed by atoms with Crippen LogP contribution in [0.15, 0.2) is 17.0 Å². The normalized spacial score (nSPS) is 17.9. The highest BCUT2D eigenvalue weighted by molar-refractivity contribution is 7.80. The lowest BCUT2D eigenvalue weighted by Crippen LogP contribution is -2.08. The molecule has 1 atom stereocenters. The molecule has 1 aliphatic carbocycles. The van der Waals surface area contributed by atoms with Gasteiger partial charge in [-0.25, -0.2) is 4.39 Å². The van der Waals surface area contributed by atoms with E-state index in [1.54, 1.807) is 12.1 Å². The summed E-state index contributed by atoms with van der Waals surface area (Å²) in [6, 6.07) is 3.45. The first-order valence-corrected chi connectivity index (χ1v) is 9.10. The Hall–Kier alpha value is -0.500. The second-order valence-electron chi connectivity index (χ2n) is 6.66. The summed E-state index contributed by atoms with van der Waals surface area (Å²) in [4.78, 5) is 1.06. The van der Waals surface area contributed by atoms with Gasteiger partial charge in [0.1, 0.15) is 5.82 Å². The van der Waals surface area contributed by atoms with Gasteiger partial charge >= 0.3 is 0 Å². The van der Waals surface area contributed by atoms with E-state index in [1.807, 2.05) is 0 Å². The molecule has 0 bridgehead atoms. The van der Waals surface area contributed by atoms with Crippen molar-refractivity contribution in [3.8, 4) is 0 Å². The number of hydrogen-bond acceptors (Lipinski definition) is 1. The highest BCUT2D eigenvalue weighted by Crippen LogP contribution is 2.39. The fourth-order valence-electron chi connectivity index (χ4n) is 3.60. The third kappa shape index (κ3) is 4.48. The van der Waals surface area contributed by atoms with E-state index in [-0.39, 0.29) is 5.82 Å². The Balaban J connectivity index is 2.19. The maximum absolute atomic E-state index is 14.1. The third-order valence-electron chi connectivity index (χ3n) is 4.95. The van der Waals surface area contributed by atoms with Gasteiger partial charge in [0.05, 0.1) is 0 Å². The molecular weight excluding hydrogens is 279 g/mol. The molecule has 2 rings (SSSR count). The average molecular weight is 309 g/mol. The lowest BCUT2D eigenvalue weighted by atomic mass is 9.82. The van der Waals surface area contributed by atoms with Gasteiger partial charge in [0, 0.05) is 4.90 Å². The van der Waals surface area contributed by atoms with Gasteiger partial charge < -0.3 is 0 Å². The summed E-state index contributed by atoms with van der Waals surface area (Å²) in [5, 5.41) is 0. The minimum atomic E-state index is -0.0780. The zero-order valence-electron chi connectivity index (χ0n) is 13.5. The topological polar surface area (TPSA) is 0 Å². The van der Waals surface area contributed by atoms with Crippen molar-refractivity contribution in [2.24, 2.45) is 0 Å². The van der Waals surface area contributed by atoms with Gasteiger partial charge in [-0.1, -0.05) is 52.4 Å². The second-order valence-corrected chi connectivity index (χ2v) is 7.11. The van der Waals surface area contributed by atoms with E-state index in [0.717, 1.165) is 22.4 Å². The van der Waals surface area contributed by atoms with Gasteiger partial charge in [-0.3, -0.25) is 0 Å². The van der Waals surface area contributed by atoms with Crippen LogP contribution in [0.2, 0.25) is 0 Å². The first kappa shape index (κ1) is 16.9. The van der Waals surface area contributed by atoms with Crippen molar-refractivity contribution < 1.29 is 4.39 Å². The quantitative estimate of drug-likeness (QED) is 0.431. The predicted molar refractivity (Wildman–Crippen MR) is 92.0 cm³/mol. The summed E-state index contributed by atoms with van der Waals surface area (Å²) >= 11 is 4.79. The smallest absolute Gasteiger partial charge is 0.123 e. The Morgan fingerprint density at radius 3 is 2.57 bits per heavy atom. The Kier molecular flexibility index (Phi) is 6.60. The first-order valence-electron chi connectivity index (χ1n) is 8.65. The highest BCUT2D eigenvalue weighted by atomic mass is 32.1. The number of rotatable bonds is 6. The maximum atomic E-state index is 14.1. The Morgan fingerprint density at radius 2 is 1.90 bits per heavy atom. The molecule has 118 valence electrons. The van der Waals surface area contributed by atoms with E-state index >= 15 is 0 Å². The summed E-state index contributed by atoms with van der Waals surface area (Å²) < 4.78 is 14.1. The molecule has 0 aliphatic heterocycles. The Bertz CT molecular complexity index is 449. The van der Waals surface area contributed by atoms with Crippen LogP contribution in [0.25, 0.3) is 0 Å². The van der Waals surface area contributed by atoms with Crippen molar-refractivity contribution in [1.82, 2.24) is 0 Å². The molecule has 0 N–H and O–H groups in total. The van der Waals surface area contributed by atoms with Gasteiger partial charge in [0.15, 0.2) is 0 Å². The van der Waals surface area contributed by atoms with E-state index < -0.39 is 0 Å². The Morgan fingerprint density at radius 1 is 1.19 bits per heavy atom. The standard InChI is InChI=1S/C19H29FS/c1-3-4-6-9-14(2)17-12-16(20)13-18(19(17)21)15-10-7-5-8-11-15/h12-15,21H,3-11H2,1-2H3. The first-order chi connectivity index (χ1) is 10.1. The van der Waals surface area contributed by atoms with Crippen molar-refractivity contribution in [2.75, 3.05) is 0 Å². The molecule has 0 aromatic heterocycles. The molecule has 0 radical (unpaired) electrons. The van der Waals surface area contributed by atoms with Crippen LogP contribution in [0.5, 0.6) is 0 Å². The molecule has 2 heteroatoms. The molecule has 0 spiro atoms. The lowest BCUT2D eigenvalue weighted by Gasteiger charge is -2.25. The molecule has 21 heavy (non-hydrogen) atoms. The van der Waals surface area contributed by atoms with E-state index in [2.05, 4.69) is 13.8 Å². The van der Waals surface area contributed by atoms with Gasteiger partial charge in [0.2, 0.25) is 0 Å². The minimum absolute atomic E-state index is 0.0780. The van der Waals surface area contributed by atoms with Crippen molar-refractivity contribution in [3.05, 3.63) is 29.1 Å². The molecule has 0 saturated heterocycles. The van der Waals surface area contributed by atoms with Crippen molar-refractivity contribution in [3.63, 3.8) is 0 Å². The summed E-state index contributed by atoms with van der Waals surface area (Å²) in [6.07, 6.45) is 11.1. The largest absolute Gasteiger partial charge is 0.207 e. The fourth-order valence-corrected chi connectivity index (χ4v) is 4.13. The minimum Gasteiger partial charge on any atom is -0.207 e. The SMILES string of the molecule is CCCCCC(C)c1cc(F)cc(C2CCCCC2)c1S. The fraction of sp³-hybridized carbons (Fsp3) is 0.684. The van der Waals surface area contributed by atoms with Crippen LogP contribution in [-0.4, -0.2) is 0 Å². The molecule has 1 fully saturated rings. The van der Waals surface area contributed by atoms with Crippen LogP contribution in [-0.2, 0) is 0 Å². The van der Waals surface area contributed by atoms with Gasteiger partial charge in [-0.15, -0.1) is 12.6 Å². The van der Waals surface area contributed by atoms with Crippen molar-refractivity contribution >= 4 is 12.6 Å². The van der Waals surface area contributed by atoms with Crippen molar-refractivity contribution in [2.45, 2.75) is 88.4 Å². The van der Waals surface area contributed by atoms with E-state index in [1.165, 1.54) is 51.4 Å². The molecule has 1 aromatic rings. The molecule has 0 nitrogen and oxygen atoms in total. The average Bonchev–Trinajstić information content (AvgIpc) is 2.50. The molecule has 1 aliphatic rings. The lowest BCUT2D eigenvalue weighted by molar-refractivity contribution is 0.436. The second kappa shape index (κ2) is 8.22. The number of benzene rings is 1. The molecule has 1 saturated carbocycles. The van der Waals surface area contributed by atoms with Crippen LogP contribution in [0, 0.1) is 5.82 Å². The third-order valence-corrected chi connectivity index (χ3v) is 5.47. The molecule has 1 unspecified atom stereocenters. The summed E-state index contributed by atoms with van der Waals surface area (Å²) in [5.74, 6) is 0.844. The monoisotopic (exact) mass is 308 g/mol.